The maximum atomic E-state index is 6.16. The van der Waals surface area contributed by atoms with E-state index in [1.54, 1.807) is 13.3 Å². The van der Waals surface area contributed by atoms with E-state index < -0.39 is 0 Å². The summed E-state index contributed by atoms with van der Waals surface area (Å²) in [4.78, 5) is 7.65. The van der Waals surface area contributed by atoms with Gasteiger partial charge in [0, 0.05) is 33.9 Å². The van der Waals surface area contributed by atoms with E-state index >= 15 is 0 Å². The molecule has 0 atom stereocenters. The summed E-state index contributed by atoms with van der Waals surface area (Å²) < 4.78 is 7.31. The van der Waals surface area contributed by atoms with E-state index in [1.165, 1.54) is 10.9 Å². The Morgan fingerprint density at radius 3 is 2.71 bits per heavy atom. The van der Waals surface area contributed by atoms with Gasteiger partial charge in [-0.15, -0.1) is 0 Å². The molecular formula is C19H16ClN3O. The summed E-state index contributed by atoms with van der Waals surface area (Å²) in [7, 11) is 1.67. The Hall–Kier alpha value is -2.72. The molecule has 2 aromatic heterocycles. The third kappa shape index (κ3) is 2.65. The summed E-state index contributed by atoms with van der Waals surface area (Å²) in [5.41, 5.74) is 4.44. The molecule has 0 spiro atoms. The summed E-state index contributed by atoms with van der Waals surface area (Å²) in [5.74, 6) is 0.842. The van der Waals surface area contributed by atoms with Crippen molar-refractivity contribution in [3.05, 3.63) is 71.8 Å². The van der Waals surface area contributed by atoms with Crippen LogP contribution in [-0.4, -0.2) is 21.6 Å². The SMILES string of the molecule is COc1ccc(-c2[nH]c3cc(Cl)ccc3c2Cn2ccnc2)cc1. The molecule has 0 fully saturated rings. The molecule has 4 aromatic rings. The van der Waals surface area contributed by atoms with Gasteiger partial charge in [0.25, 0.3) is 0 Å². The third-order valence-electron chi connectivity index (χ3n) is 4.15. The van der Waals surface area contributed by atoms with Gasteiger partial charge in [0.2, 0.25) is 0 Å². The molecule has 2 aromatic carbocycles. The van der Waals surface area contributed by atoms with E-state index in [0.717, 1.165) is 34.1 Å². The lowest BCUT2D eigenvalue weighted by atomic mass is 10.0. The van der Waals surface area contributed by atoms with E-state index in [9.17, 15) is 0 Å². The Morgan fingerprint density at radius 2 is 2.00 bits per heavy atom. The maximum Gasteiger partial charge on any atom is 0.118 e. The summed E-state index contributed by atoms with van der Waals surface area (Å²) in [6, 6.07) is 14.0. The Balaban J connectivity index is 1.88. The number of hydrogen-bond donors (Lipinski definition) is 1. The average molecular weight is 338 g/mol. The highest BCUT2D eigenvalue weighted by atomic mass is 35.5. The van der Waals surface area contributed by atoms with Gasteiger partial charge >= 0.3 is 0 Å². The number of aromatic nitrogens is 3. The van der Waals surface area contributed by atoms with Crippen molar-refractivity contribution in [1.82, 2.24) is 14.5 Å². The molecular weight excluding hydrogens is 322 g/mol. The summed E-state index contributed by atoms with van der Waals surface area (Å²) >= 11 is 6.16. The second kappa shape index (κ2) is 6.06. The van der Waals surface area contributed by atoms with Crippen LogP contribution in [-0.2, 0) is 6.54 Å². The second-order valence-corrected chi connectivity index (χ2v) is 6.07. The summed E-state index contributed by atoms with van der Waals surface area (Å²) in [6.07, 6.45) is 5.58. The number of hydrogen-bond acceptors (Lipinski definition) is 2. The molecule has 0 bridgehead atoms. The van der Waals surface area contributed by atoms with Crippen LogP contribution < -0.4 is 4.74 Å². The average Bonchev–Trinajstić information content (AvgIpc) is 3.23. The minimum absolute atomic E-state index is 0.721. The van der Waals surface area contributed by atoms with Gasteiger partial charge in [-0.05, 0) is 42.0 Å². The van der Waals surface area contributed by atoms with Crippen LogP contribution >= 0.6 is 11.6 Å². The van der Waals surface area contributed by atoms with Crippen LogP contribution in [0.3, 0.4) is 0 Å². The first kappa shape index (κ1) is 14.8. The summed E-state index contributed by atoms with van der Waals surface area (Å²) in [6.45, 7) is 0.739. The molecule has 24 heavy (non-hydrogen) atoms. The van der Waals surface area contributed by atoms with E-state index in [1.807, 2.05) is 36.8 Å². The van der Waals surface area contributed by atoms with Crippen LogP contribution in [0.1, 0.15) is 5.56 Å². The van der Waals surface area contributed by atoms with Crippen LogP contribution in [0.15, 0.2) is 61.2 Å². The van der Waals surface area contributed by atoms with Gasteiger partial charge in [-0.25, -0.2) is 4.98 Å². The van der Waals surface area contributed by atoms with Gasteiger partial charge in [-0.1, -0.05) is 17.7 Å². The van der Waals surface area contributed by atoms with Crippen molar-refractivity contribution in [3.63, 3.8) is 0 Å². The quantitative estimate of drug-likeness (QED) is 0.584. The molecule has 0 saturated carbocycles. The predicted molar refractivity (Wildman–Crippen MR) is 96.6 cm³/mol. The molecule has 0 radical (unpaired) electrons. The number of halogens is 1. The number of benzene rings is 2. The number of ether oxygens (including phenoxy) is 1. The summed E-state index contributed by atoms with van der Waals surface area (Å²) in [5, 5.41) is 1.89. The number of nitrogens with one attached hydrogen (secondary N) is 1. The lowest BCUT2D eigenvalue weighted by Gasteiger charge is -2.07. The van der Waals surface area contributed by atoms with E-state index in [-0.39, 0.29) is 0 Å². The normalized spacial score (nSPS) is 11.1. The fraction of sp³-hybridized carbons (Fsp3) is 0.105. The smallest absolute Gasteiger partial charge is 0.118 e. The van der Waals surface area contributed by atoms with Gasteiger partial charge in [0.15, 0.2) is 0 Å². The Labute approximate surface area is 144 Å². The number of aromatic amines is 1. The molecule has 0 aliphatic heterocycles. The number of H-pyrrole nitrogens is 1. The van der Waals surface area contributed by atoms with Gasteiger partial charge in [0.1, 0.15) is 5.75 Å². The van der Waals surface area contributed by atoms with Crippen LogP contribution in [0.5, 0.6) is 5.75 Å². The lowest BCUT2D eigenvalue weighted by molar-refractivity contribution is 0.415. The van der Waals surface area contributed by atoms with Crippen molar-refractivity contribution >= 4 is 22.5 Å². The zero-order chi connectivity index (χ0) is 16.5. The predicted octanol–water partition coefficient (Wildman–Crippen LogP) is 4.74. The highest BCUT2D eigenvalue weighted by Crippen LogP contribution is 2.33. The zero-order valence-electron chi connectivity index (χ0n) is 13.2. The number of methoxy groups -OCH3 is 1. The van der Waals surface area contributed by atoms with Gasteiger partial charge in [-0.2, -0.15) is 0 Å². The third-order valence-corrected chi connectivity index (χ3v) is 4.38. The Kier molecular flexibility index (Phi) is 3.75. The van der Waals surface area contributed by atoms with Crippen LogP contribution in [0.25, 0.3) is 22.2 Å². The fourth-order valence-electron chi connectivity index (χ4n) is 2.96. The van der Waals surface area contributed by atoms with E-state index in [0.29, 0.717) is 0 Å². The number of imidazole rings is 1. The fourth-order valence-corrected chi connectivity index (χ4v) is 3.13. The van der Waals surface area contributed by atoms with Crippen molar-refractivity contribution in [1.29, 1.82) is 0 Å². The highest BCUT2D eigenvalue weighted by Gasteiger charge is 2.14. The van der Waals surface area contributed by atoms with E-state index in [2.05, 4.69) is 32.7 Å². The monoisotopic (exact) mass is 337 g/mol. The minimum Gasteiger partial charge on any atom is -0.497 e. The van der Waals surface area contributed by atoms with Crippen molar-refractivity contribution in [2.75, 3.05) is 7.11 Å². The lowest BCUT2D eigenvalue weighted by Crippen LogP contribution is -1.97. The first-order chi connectivity index (χ1) is 11.7. The first-order valence-corrected chi connectivity index (χ1v) is 8.02. The van der Waals surface area contributed by atoms with Crippen LogP contribution in [0, 0.1) is 0 Å². The van der Waals surface area contributed by atoms with Crippen molar-refractivity contribution < 1.29 is 4.74 Å². The molecule has 0 aliphatic rings. The molecule has 0 amide bonds. The molecule has 1 N–H and O–H groups in total. The first-order valence-electron chi connectivity index (χ1n) is 7.65. The minimum atomic E-state index is 0.721. The molecule has 4 nitrogen and oxygen atoms in total. The maximum absolute atomic E-state index is 6.16. The second-order valence-electron chi connectivity index (χ2n) is 5.63. The number of rotatable bonds is 4. The standard InChI is InChI=1S/C19H16ClN3O/c1-24-15-5-2-13(3-6-15)19-17(11-23-9-8-21-12-23)16-7-4-14(20)10-18(16)22-19/h2-10,12,22H,11H2,1H3. The number of fused-ring (bicyclic) bond motifs is 1. The topological polar surface area (TPSA) is 42.8 Å². The molecule has 5 heteroatoms. The molecule has 0 saturated heterocycles. The van der Waals surface area contributed by atoms with Gasteiger partial charge < -0.3 is 14.3 Å². The molecule has 2 heterocycles. The van der Waals surface area contributed by atoms with Gasteiger partial charge in [0.05, 0.1) is 25.7 Å². The Morgan fingerprint density at radius 1 is 1.17 bits per heavy atom. The molecule has 120 valence electrons. The Bertz CT molecular complexity index is 972. The van der Waals surface area contributed by atoms with E-state index in [4.69, 9.17) is 16.3 Å². The highest BCUT2D eigenvalue weighted by molar-refractivity contribution is 6.31. The van der Waals surface area contributed by atoms with Crippen LogP contribution in [0.4, 0.5) is 0 Å². The van der Waals surface area contributed by atoms with Crippen molar-refractivity contribution in [2.24, 2.45) is 0 Å². The number of nitrogens with zero attached hydrogens (tertiary/aromatic N) is 2. The molecule has 0 aliphatic carbocycles. The van der Waals surface area contributed by atoms with Crippen LogP contribution in [0.2, 0.25) is 5.02 Å². The van der Waals surface area contributed by atoms with Gasteiger partial charge in [-0.3, -0.25) is 0 Å². The zero-order valence-corrected chi connectivity index (χ0v) is 13.9. The van der Waals surface area contributed by atoms with Crippen molar-refractivity contribution in [3.8, 4) is 17.0 Å². The molecule has 0 unspecified atom stereocenters. The molecule has 4 rings (SSSR count). The largest absolute Gasteiger partial charge is 0.497 e. The van der Waals surface area contributed by atoms with Crippen molar-refractivity contribution in [2.45, 2.75) is 6.54 Å².